The molecule has 0 aromatic heterocycles. The first-order valence-corrected chi connectivity index (χ1v) is 7.51. The van der Waals surface area contributed by atoms with E-state index in [0.717, 1.165) is 5.56 Å². The minimum Gasteiger partial charge on any atom is -0.444 e. The van der Waals surface area contributed by atoms with Crippen molar-refractivity contribution in [2.75, 3.05) is 0 Å². The van der Waals surface area contributed by atoms with Crippen molar-refractivity contribution >= 4 is 29.3 Å². The van der Waals surface area contributed by atoms with Crippen LogP contribution in [0.25, 0.3) is 0 Å². The molecule has 0 aliphatic heterocycles. The molecule has 120 valence electrons. The van der Waals surface area contributed by atoms with Crippen LogP contribution >= 0.6 is 11.6 Å². The van der Waals surface area contributed by atoms with E-state index in [1.165, 1.54) is 12.1 Å². The number of fused-ring (bicyclic) bond motifs is 1. The minimum atomic E-state index is -0.854. The summed E-state index contributed by atoms with van der Waals surface area (Å²) in [6, 6.07) is 15.4. The Hall–Kier alpha value is -2.92. The highest BCUT2D eigenvalue weighted by molar-refractivity contribution is 6.50. The fraction of sp³-hybridized carbons (Fsp3) is 0.0556. The number of amides is 1. The van der Waals surface area contributed by atoms with Gasteiger partial charge in [-0.2, -0.15) is 0 Å². The number of rotatable bonds is 3. The molecule has 0 spiro atoms. The molecule has 2 aromatic rings. The molecule has 5 nitrogen and oxygen atoms in total. The lowest BCUT2D eigenvalue weighted by Gasteiger charge is -2.18. The Bertz CT molecular complexity index is 858. The van der Waals surface area contributed by atoms with E-state index in [1.54, 1.807) is 24.3 Å². The second kappa shape index (κ2) is 6.68. The summed E-state index contributed by atoms with van der Waals surface area (Å²) in [5, 5.41) is 1.95. The highest BCUT2D eigenvalue weighted by Gasteiger charge is 2.32. The Balaban J connectivity index is 1.75. The van der Waals surface area contributed by atoms with Crippen molar-refractivity contribution in [3.8, 4) is 0 Å². The van der Waals surface area contributed by atoms with Crippen LogP contribution in [-0.4, -0.2) is 17.7 Å². The molecule has 0 saturated carbocycles. The van der Waals surface area contributed by atoms with Gasteiger partial charge in [0.05, 0.1) is 0 Å². The van der Waals surface area contributed by atoms with Gasteiger partial charge in [-0.1, -0.05) is 66.2 Å². The first-order valence-electron chi connectivity index (χ1n) is 7.14. The Morgan fingerprint density at radius 2 is 1.50 bits per heavy atom. The van der Waals surface area contributed by atoms with E-state index >= 15 is 0 Å². The zero-order valence-electron chi connectivity index (χ0n) is 12.4. The van der Waals surface area contributed by atoms with Crippen molar-refractivity contribution in [1.29, 1.82) is 0 Å². The number of nitrogens with one attached hydrogen (secondary N) is 1. The number of hydrogen-bond acceptors (Lipinski definition) is 4. The summed E-state index contributed by atoms with van der Waals surface area (Å²) in [4.78, 5) is 36.5. The normalized spacial score (nSPS) is 13.5. The maximum absolute atomic E-state index is 12.4. The smallest absolute Gasteiger partial charge is 0.412 e. The number of Topliss-reactive ketones (excluding diaryl/α,β-unsaturated/α-hetero) is 2. The van der Waals surface area contributed by atoms with Crippen LogP contribution in [0, 0.1) is 0 Å². The van der Waals surface area contributed by atoms with Gasteiger partial charge in [0.25, 0.3) is 0 Å². The Labute approximate surface area is 142 Å². The molecule has 6 heteroatoms. The highest BCUT2D eigenvalue weighted by Crippen LogP contribution is 2.27. The second-order valence-corrected chi connectivity index (χ2v) is 5.46. The average Bonchev–Trinajstić information content (AvgIpc) is 2.62. The molecule has 0 unspecified atom stereocenters. The molecule has 24 heavy (non-hydrogen) atoms. The molecule has 0 radical (unpaired) electrons. The van der Waals surface area contributed by atoms with Gasteiger partial charge in [-0.3, -0.25) is 14.9 Å². The fourth-order valence-electron chi connectivity index (χ4n) is 2.32. The third kappa shape index (κ3) is 3.07. The summed E-state index contributed by atoms with van der Waals surface area (Å²) >= 11 is 5.96. The predicted octanol–water partition coefficient (Wildman–Crippen LogP) is 3.44. The Morgan fingerprint density at radius 1 is 0.917 bits per heavy atom. The Kier molecular flexibility index (Phi) is 4.44. The number of allylic oxidation sites excluding steroid dienone is 2. The number of ketones is 2. The van der Waals surface area contributed by atoms with Gasteiger partial charge >= 0.3 is 6.09 Å². The van der Waals surface area contributed by atoms with Crippen LogP contribution in [0.1, 0.15) is 26.3 Å². The SMILES string of the molecule is O=C(NC1=C(Cl)C(=O)c2ccccc2C1=O)OCc1ccccc1. The van der Waals surface area contributed by atoms with Gasteiger partial charge in [0.1, 0.15) is 17.3 Å². The molecule has 0 fully saturated rings. The average molecular weight is 342 g/mol. The monoisotopic (exact) mass is 341 g/mol. The molecular weight excluding hydrogens is 330 g/mol. The lowest BCUT2D eigenvalue weighted by Crippen LogP contribution is -2.33. The van der Waals surface area contributed by atoms with Gasteiger partial charge in [-0.25, -0.2) is 4.79 Å². The van der Waals surface area contributed by atoms with Crippen molar-refractivity contribution in [2.45, 2.75) is 6.61 Å². The van der Waals surface area contributed by atoms with E-state index in [1.807, 2.05) is 18.2 Å². The predicted molar refractivity (Wildman–Crippen MR) is 87.7 cm³/mol. The molecule has 1 aliphatic rings. The van der Waals surface area contributed by atoms with Crippen LogP contribution in [0.3, 0.4) is 0 Å². The fourth-order valence-corrected chi connectivity index (χ4v) is 2.55. The van der Waals surface area contributed by atoms with Crippen molar-refractivity contribution in [3.63, 3.8) is 0 Å². The molecule has 1 N–H and O–H groups in total. The van der Waals surface area contributed by atoms with E-state index in [-0.39, 0.29) is 28.5 Å². The molecule has 0 atom stereocenters. The van der Waals surface area contributed by atoms with Crippen molar-refractivity contribution in [3.05, 3.63) is 82.0 Å². The molecule has 2 aromatic carbocycles. The van der Waals surface area contributed by atoms with Crippen molar-refractivity contribution in [2.24, 2.45) is 0 Å². The van der Waals surface area contributed by atoms with Crippen LogP contribution in [0.15, 0.2) is 65.3 Å². The molecule has 0 bridgehead atoms. The van der Waals surface area contributed by atoms with Gasteiger partial charge in [0, 0.05) is 11.1 Å². The van der Waals surface area contributed by atoms with Crippen molar-refractivity contribution < 1.29 is 19.1 Å². The zero-order valence-corrected chi connectivity index (χ0v) is 13.2. The zero-order chi connectivity index (χ0) is 17.1. The molecule has 1 aliphatic carbocycles. The maximum Gasteiger partial charge on any atom is 0.412 e. The largest absolute Gasteiger partial charge is 0.444 e. The molecule has 3 rings (SSSR count). The molecular formula is C18H12ClNO4. The van der Waals surface area contributed by atoms with Gasteiger partial charge in [0.2, 0.25) is 11.6 Å². The lowest BCUT2D eigenvalue weighted by molar-refractivity contribution is 0.0968. The van der Waals surface area contributed by atoms with Gasteiger partial charge < -0.3 is 4.74 Å². The first kappa shape index (κ1) is 16.0. The molecule has 0 saturated heterocycles. The number of benzene rings is 2. The summed E-state index contributed by atoms with van der Waals surface area (Å²) in [5.74, 6) is -1.03. The third-order valence-electron chi connectivity index (χ3n) is 3.50. The number of alkyl carbamates (subject to hydrolysis) is 1. The van der Waals surface area contributed by atoms with Crippen molar-refractivity contribution in [1.82, 2.24) is 5.32 Å². The maximum atomic E-state index is 12.4. The van der Waals surface area contributed by atoms with Crippen LogP contribution in [-0.2, 0) is 11.3 Å². The number of hydrogen-bond donors (Lipinski definition) is 1. The van der Waals surface area contributed by atoms with Crippen LogP contribution in [0.4, 0.5) is 4.79 Å². The van der Waals surface area contributed by atoms with E-state index in [2.05, 4.69) is 5.32 Å². The summed E-state index contributed by atoms with van der Waals surface area (Å²) in [7, 11) is 0. The van der Waals surface area contributed by atoms with E-state index < -0.39 is 17.7 Å². The number of halogens is 1. The van der Waals surface area contributed by atoms with Gasteiger partial charge in [-0.05, 0) is 5.56 Å². The quantitative estimate of drug-likeness (QED) is 0.928. The first-order chi connectivity index (χ1) is 11.6. The highest BCUT2D eigenvalue weighted by atomic mass is 35.5. The number of carbonyl (C=O) groups excluding carboxylic acids is 3. The summed E-state index contributed by atoms with van der Waals surface area (Å²) in [6.45, 7) is 0.0380. The number of carbonyl (C=O) groups is 3. The Morgan fingerprint density at radius 3 is 2.17 bits per heavy atom. The molecule has 0 heterocycles. The van der Waals surface area contributed by atoms with E-state index in [9.17, 15) is 14.4 Å². The van der Waals surface area contributed by atoms with E-state index in [4.69, 9.17) is 16.3 Å². The second-order valence-electron chi connectivity index (χ2n) is 5.08. The summed E-state index contributed by atoms with van der Waals surface area (Å²) in [5.41, 5.74) is 0.948. The standard InChI is InChI=1S/C18H12ClNO4/c19-14-15(17(22)13-9-5-4-8-12(13)16(14)21)20-18(23)24-10-11-6-2-1-3-7-11/h1-9H,10H2,(H,20,23). The van der Waals surface area contributed by atoms with Crippen LogP contribution < -0.4 is 5.32 Å². The minimum absolute atomic E-state index is 0.0380. The van der Waals surface area contributed by atoms with Crippen LogP contribution in [0.5, 0.6) is 0 Å². The van der Waals surface area contributed by atoms with Gasteiger partial charge in [0.15, 0.2) is 0 Å². The molecule has 1 amide bonds. The number of ether oxygens (including phenoxy) is 1. The van der Waals surface area contributed by atoms with Gasteiger partial charge in [-0.15, -0.1) is 0 Å². The van der Waals surface area contributed by atoms with Crippen LogP contribution in [0.2, 0.25) is 0 Å². The summed E-state index contributed by atoms with van der Waals surface area (Å²) < 4.78 is 5.04. The summed E-state index contributed by atoms with van der Waals surface area (Å²) in [6.07, 6.45) is -0.854. The van der Waals surface area contributed by atoms with E-state index in [0.29, 0.717) is 0 Å². The lowest BCUT2D eigenvalue weighted by atomic mass is 9.92. The third-order valence-corrected chi connectivity index (χ3v) is 3.86. The topological polar surface area (TPSA) is 72.5 Å².